The zero-order valence-corrected chi connectivity index (χ0v) is 12.9. The van der Waals surface area contributed by atoms with Crippen molar-refractivity contribution in [2.24, 2.45) is 0 Å². The van der Waals surface area contributed by atoms with Gasteiger partial charge in [-0.05, 0) is 32.7 Å². The predicted molar refractivity (Wildman–Crippen MR) is 82.1 cm³/mol. The van der Waals surface area contributed by atoms with Crippen LogP contribution in [0.4, 0.5) is 0 Å². The van der Waals surface area contributed by atoms with Crippen molar-refractivity contribution in [1.29, 1.82) is 0 Å². The molecule has 1 aliphatic rings. The highest BCUT2D eigenvalue weighted by Gasteiger charge is 2.26. The molecule has 0 aromatic rings. The maximum atomic E-state index is 3.66. The molecule has 0 saturated carbocycles. The van der Waals surface area contributed by atoms with Gasteiger partial charge in [0.25, 0.3) is 0 Å². The zero-order chi connectivity index (χ0) is 13.1. The van der Waals surface area contributed by atoms with Crippen LogP contribution >= 0.6 is 0 Å². The summed E-state index contributed by atoms with van der Waals surface area (Å²) in [6, 6.07) is 0. The third-order valence-electron chi connectivity index (χ3n) is 4.54. The third-order valence-corrected chi connectivity index (χ3v) is 4.54. The second-order valence-corrected chi connectivity index (χ2v) is 6.52. The minimum atomic E-state index is 0.486. The first-order chi connectivity index (χ1) is 8.77. The first-order valence-corrected chi connectivity index (χ1v) is 8.52. The van der Waals surface area contributed by atoms with Crippen LogP contribution in [0.3, 0.4) is 0 Å². The fraction of sp³-hybridized carbons (Fsp3) is 1.00. The zero-order valence-electron chi connectivity index (χ0n) is 12.9. The van der Waals surface area contributed by atoms with Gasteiger partial charge in [0.15, 0.2) is 0 Å². The van der Waals surface area contributed by atoms with Crippen LogP contribution in [0.25, 0.3) is 0 Å². The molecule has 18 heavy (non-hydrogen) atoms. The molecule has 1 heteroatoms. The number of nitrogens with one attached hydrogen (secondary N) is 1. The highest BCUT2D eigenvalue weighted by atomic mass is 15.0. The van der Waals surface area contributed by atoms with Gasteiger partial charge in [0, 0.05) is 5.54 Å². The molecule has 1 atom stereocenters. The van der Waals surface area contributed by atoms with Crippen molar-refractivity contribution in [3.8, 4) is 0 Å². The van der Waals surface area contributed by atoms with Crippen molar-refractivity contribution in [3.05, 3.63) is 0 Å². The minimum Gasteiger partial charge on any atom is -0.312 e. The summed E-state index contributed by atoms with van der Waals surface area (Å²) in [4.78, 5) is 0. The van der Waals surface area contributed by atoms with Crippen molar-refractivity contribution in [2.75, 3.05) is 6.54 Å². The van der Waals surface area contributed by atoms with E-state index in [-0.39, 0.29) is 0 Å². The molecule has 1 aliphatic heterocycles. The topological polar surface area (TPSA) is 12.0 Å². The summed E-state index contributed by atoms with van der Waals surface area (Å²) in [6.07, 6.45) is 18.7. The lowest BCUT2D eigenvalue weighted by Crippen LogP contribution is -2.35. The molecule has 1 fully saturated rings. The molecule has 1 rings (SSSR count). The van der Waals surface area contributed by atoms with Gasteiger partial charge >= 0.3 is 0 Å². The van der Waals surface area contributed by atoms with Crippen molar-refractivity contribution in [1.82, 2.24) is 5.32 Å². The Morgan fingerprint density at radius 1 is 0.833 bits per heavy atom. The Bertz CT molecular complexity index is 182. The van der Waals surface area contributed by atoms with E-state index in [0.29, 0.717) is 5.54 Å². The number of rotatable bonds is 11. The lowest BCUT2D eigenvalue weighted by molar-refractivity contribution is 0.365. The van der Waals surface area contributed by atoms with Gasteiger partial charge in [-0.2, -0.15) is 0 Å². The second-order valence-electron chi connectivity index (χ2n) is 6.52. The van der Waals surface area contributed by atoms with E-state index in [0.717, 1.165) is 0 Å². The van der Waals surface area contributed by atoms with Gasteiger partial charge in [-0.15, -0.1) is 0 Å². The summed E-state index contributed by atoms with van der Waals surface area (Å²) >= 11 is 0. The lowest BCUT2D eigenvalue weighted by Gasteiger charge is -2.24. The molecular formula is C17H35N. The quantitative estimate of drug-likeness (QED) is 0.483. The van der Waals surface area contributed by atoms with Gasteiger partial charge in [-0.25, -0.2) is 0 Å². The summed E-state index contributed by atoms with van der Waals surface area (Å²) in [7, 11) is 0. The Hall–Kier alpha value is -0.0400. The molecule has 108 valence electrons. The van der Waals surface area contributed by atoms with Crippen molar-refractivity contribution in [3.63, 3.8) is 0 Å². The molecule has 0 spiro atoms. The smallest absolute Gasteiger partial charge is 0.0153 e. The molecule has 1 nitrogen and oxygen atoms in total. The fourth-order valence-electron chi connectivity index (χ4n) is 3.17. The molecule has 0 radical (unpaired) electrons. The molecule has 0 aromatic heterocycles. The molecule has 0 amide bonds. The van der Waals surface area contributed by atoms with Crippen LogP contribution in [0.2, 0.25) is 0 Å². The predicted octanol–water partition coefficient (Wildman–Crippen LogP) is 5.44. The average molecular weight is 253 g/mol. The molecule has 1 N–H and O–H groups in total. The molecule has 1 unspecified atom stereocenters. The van der Waals surface area contributed by atoms with E-state index in [1.807, 2.05) is 0 Å². The molecule has 1 heterocycles. The van der Waals surface area contributed by atoms with Gasteiger partial charge in [-0.3, -0.25) is 0 Å². The van der Waals surface area contributed by atoms with Gasteiger partial charge in [0.05, 0.1) is 0 Å². The van der Waals surface area contributed by atoms with Crippen molar-refractivity contribution >= 4 is 0 Å². The molecule has 0 aliphatic carbocycles. The molecule has 0 aromatic carbocycles. The van der Waals surface area contributed by atoms with Crippen LogP contribution in [0.1, 0.15) is 97.3 Å². The Balaban J connectivity index is 1.78. The average Bonchev–Trinajstić information content (AvgIpc) is 2.79. The largest absolute Gasteiger partial charge is 0.312 e. The minimum absolute atomic E-state index is 0.486. The van der Waals surface area contributed by atoms with Crippen LogP contribution in [-0.2, 0) is 0 Å². The number of unbranched alkanes of at least 4 members (excludes halogenated alkanes) is 9. The van der Waals surface area contributed by atoms with Crippen molar-refractivity contribution in [2.45, 2.75) is 103 Å². The fourth-order valence-corrected chi connectivity index (χ4v) is 3.17. The molecule has 1 saturated heterocycles. The van der Waals surface area contributed by atoms with Crippen LogP contribution in [0.5, 0.6) is 0 Å². The van der Waals surface area contributed by atoms with Crippen LogP contribution in [-0.4, -0.2) is 12.1 Å². The van der Waals surface area contributed by atoms with E-state index in [4.69, 9.17) is 0 Å². The summed E-state index contributed by atoms with van der Waals surface area (Å²) in [6.45, 7) is 5.95. The van der Waals surface area contributed by atoms with Gasteiger partial charge in [-0.1, -0.05) is 71.1 Å². The highest BCUT2D eigenvalue weighted by molar-refractivity contribution is 4.88. The first kappa shape index (κ1) is 16.0. The van der Waals surface area contributed by atoms with E-state index in [1.165, 1.54) is 90.0 Å². The summed E-state index contributed by atoms with van der Waals surface area (Å²) < 4.78 is 0. The summed E-state index contributed by atoms with van der Waals surface area (Å²) in [5.41, 5.74) is 0.486. The Morgan fingerprint density at radius 2 is 1.39 bits per heavy atom. The van der Waals surface area contributed by atoms with E-state index >= 15 is 0 Å². The SMILES string of the molecule is CCCCCCCCCCCCC1(C)CCCN1. The first-order valence-electron chi connectivity index (χ1n) is 8.52. The van der Waals surface area contributed by atoms with E-state index in [9.17, 15) is 0 Å². The number of hydrogen-bond acceptors (Lipinski definition) is 1. The second kappa shape index (κ2) is 9.83. The Kier molecular flexibility index (Phi) is 8.75. The molecule has 0 bridgehead atoms. The summed E-state index contributed by atoms with van der Waals surface area (Å²) in [5.74, 6) is 0. The number of hydrogen-bond donors (Lipinski definition) is 1. The Morgan fingerprint density at radius 3 is 1.89 bits per heavy atom. The third kappa shape index (κ3) is 7.41. The highest BCUT2D eigenvalue weighted by Crippen LogP contribution is 2.25. The standard InChI is InChI=1S/C17H35N/c1-3-4-5-6-7-8-9-10-11-12-14-17(2)15-13-16-18-17/h18H,3-16H2,1-2H3. The van der Waals surface area contributed by atoms with Crippen LogP contribution < -0.4 is 5.32 Å². The van der Waals surface area contributed by atoms with E-state index in [2.05, 4.69) is 19.2 Å². The molecular weight excluding hydrogens is 218 g/mol. The maximum Gasteiger partial charge on any atom is 0.0153 e. The Labute approximate surface area is 115 Å². The maximum absolute atomic E-state index is 3.66. The van der Waals surface area contributed by atoms with E-state index < -0.39 is 0 Å². The van der Waals surface area contributed by atoms with Gasteiger partial charge in [0.2, 0.25) is 0 Å². The normalized spacial score (nSPS) is 23.7. The van der Waals surface area contributed by atoms with Crippen molar-refractivity contribution < 1.29 is 0 Å². The van der Waals surface area contributed by atoms with Crippen LogP contribution in [0, 0.1) is 0 Å². The summed E-state index contributed by atoms with van der Waals surface area (Å²) in [5, 5.41) is 3.66. The van der Waals surface area contributed by atoms with Gasteiger partial charge in [0.1, 0.15) is 0 Å². The lowest BCUT2D eigenvalue weighted by atomic mass is 9.92. The van der Waals surface area contributed by atoms with E-state index in [1.54, 1.807) is 0 Å². The van der Waals surface area contributed by atoms with Gasteiger partial charge < -0.3 is 5.32 Å². The van der Waals surface area contributed by atoms with Crippen LogP contribution in [0.15, 0.2) is 0 Å². The monoisotopic (exact) mass is 253 g/mol.